The van der Waals surface area contributed by atoms with Gasteiger partial charge in [-0.25, -0.2) is 4.98 Å². The van der Waals surface area contributed by atoms with Crippen molar-refractivity contribution in [3.05, 3.63) is 38.8 Å². The van der Waals surface area contributed by atoms with Gasteiger partial charge in [-0.15, -0.1) is 11.3 Å². The lowest BCUT2D eigenvalue weighted by Gasteiger charge is -1.91. The molecule has 4 aromatic heterocycles. The number of thiazole rings is 1. The molecule has 4 aromatic rings. The van der Waals surface area contributed by atoms with E-state index in [1.807, 2.05) is 32.8 Å². The van der Waals surface area contributed by atoms with Crippen molar-refractivity contribution < 1.29 is 0 Å². The largest absolute Gasteiger partial charge is 0.332 e. The van der Waals surface area contributed by atoms with E-state index in [2.05, 4.69) is 15.0 Å². The van der Waals surface area contributed by atoms with Gasteiger partial charge in [0.2, 0.25) is 0 Å². The summed E-state index contributed by atoms with van der Waals surface area (Å²) in [7, 11) is 0. The van der Waals surface area contributed by atoms with Gasteiger partial charge in [0.1, 0.15) is 5.82 Å². The molecule has 0 aliphatic rings. The molecule has 0 saturated carbocycles. The third kappa shape index (κ3) is 1.28. The number of imidazole rings is 1. The van der Waals surface area contributed by atoms with Crippen molar-refractivity contribution in [2.24, 2.45) is 0 Å². The van der Waals surface area contributed by atoms with E-state index in [4.69, 9.17) is 0 Å². The molecule has 0 bridgehead atoms. The maximum Gasteiger partial charge on any atom is 0.300 e. The van der Waals surface area contributed by atoms with Crippen molar-refractivity contribution in [1.29, 1.82) is 0 Å². The number of nitrogens with one attached hydrogen (secondary N) is 1. The zero-order valence-corrected chi connectivity index (χ0v) is 10.6. The van der Waals surface area contributed by atoms with Crippen molar-refractivity contribution in [2.45, 2.75) is 0 Å². The number of rotatable bonds is 1. The van der Waals surface area contributed by atoms with Crippen LogP contribution in [0.25, 0.3) is 27.5 Å². The molecule has 0 fully saturated rings. The molecule has 4 rings (SSSR count). The summed E-state index contributed by atoms with van der Waals surface area (Å²) >= 11 is 3.02. The zero-order chi connectivity index (χ0) is 12.1. The normalized spacial score (nSPS) is 11.6. The molecule has 7 heteroatoms. The number of fused-ring (bicyclic) bond motifs is 3. The molecule has 1 N–H and O–H groups in total. The van der Waals surface area contributed by atoms with E-state index in [-0.39, 0.29) is 5.56 Å². The summed E-state index contributed by atoms with van der Waals surface area (Å²) in [6, 6.07) is 1.97. The standard InChI is InChI=1S/C11H6N4OS2/c16-10-7-9(15-2-4-18-11(15)14-10)13-8(12-7)6-1-3-17-5-6/h1-5H,(H,12,13). The minimum absolute atomic E-state index is 0.263. The molecule has 5 nitrogen and oxygen atoms in total. The van der Waals surface area contributed by atoms with Gasteiger partial charge in [-0.2, -0.15) is 16.3 Å². The number of H-pyrrole nitrogens is 1. The van der Waals surface area contributed by atoms with E-state index in [0.29, 0.717) is 21.9 Å². The van der Waals surface area contributed by atoms with Crippen molar-refractivity contribution >= 4 is 38.8 Å². The van der Waals surface area contributed by atoms with Crippen LogP contribution >= 0.6 is 22.7 Å². The van der Waals surface area contributed by atoms with Crippen LogP contribution in [0.5, 0.6) is 0 Å². The minimum atomic E-state index is -0.263. The summed E-state index contributed by atoms with van der Waals surface area (Å²) in [6.07, 6.45) is 1.87. The van der Waals surface area contributed by atoms with Gasteiger partial charge >= 0.3 is 0 Å². The lowest BCUT2D eigenvalue weighted by atomic mass is 10.3. The number of hydrogen-bond acceptors (Lipinski definition) is 5. The van der Waals surface area contributed by atoms with Gasteiger partial charge < -0.3 is 4.98 Å². The Morgan fingerprint density at radius 2 is 2.22 bits per heavy atom. The monoisotopic (exact) mass is 274 g/mol. The Hall–Kier alpha value is -1.99. The second-order valence-electron chi connectivity index (χ2n) is 3.77. The molecule has 0 radical (unpaired) electrons. The highest BCUT2D eigenvalue weighted by atomic mass is 32.1. The summed E-state index contributed by atoms with van der Waals surface area (Å²) in [5.41, 5.74) is 1.81. The van der Waals surface area contributed by atoms with Crippen molar-refractivity contribution in [2.75, 3.05) is 0 Å². The highest BCUT2D eigenvalue weighted by Crippen LogP contribution is 2.22. The van der Waals surface area contributed by atoms with Crippen LogP contribution in [-0.2, 0) is 0 Å². The van der Waals surface area contributed by atoms with Crippen LogP contribution in [0, 0.1) is 0 Å². The number of thiophene rings is 1. The van der Waals surface area contributed by atoms with Crippen LogP contribution in [-0.4, -0.2) is 19.4 Å². The molecule has 88 valence electrons. The summed E-state index contributed by atoms with van der Waals surface area (Å²) in [5, 5.41) is 5.86. The summed E-state index contributed by atoms with van der Waals surface area (Å²) in [5.74, 6) is 0.705. The van der Waals surface area contributed by atoms with Crippen LogP contribution in [0.2, 0.25) is 0 Å². The first-order valence-electron chi connectivity index (χ1n) is 5.21. The highest BCUT2D eigenvalue weighted by molar-refractivity contribution is 7.15. The Kier molecular flexibility index (Phi) is 1.94. The number of aromatic nitrogens is 4. The quantitative estimate of drug-likeness (QED) is 0.579. The van der Waals surface area contributed by atoms with Gasteiger partial charge in [0, 0.05) is 22.5 Å². The minimum Gasteiger partial charge on any atom is -0.332 e. The number of nitrogens with zero attached hydrogens (tertiary/aromatic N) is 3. The predicted molar refractivity (Wildman–Crippen MR) is 72.3 cm³/mol. The fraction of sp³-hybridized carbons (Fsp3) is 0. The first-order valence-corrected chi connectivity index (χ1v) is 7.03. The predicted octanol–water partition coefficient (Wildman–Crippen LogP) is 2.36. The second kappa shape index (κ2) is 3.50. The average Bonchev–Trinajstić information content (AvgIpc) is 3.08. The molecule has 0 aliphatic heterocycles. The first-order chi connectivity index (χ1) is 8.83. The molecule has 0 unspecified atom stereocenters. The average molecular weight is 274 g/mol. The van der Waals surface area contributed by atoms with E-state index in [0.717, 1.165) is 5.56 Å². The Labute approximate surface area is 108 Å². The Bertz CT molecular complexity index is 900. The van der Waals surface area contributed by atoms with Crippen molar-refractivity contribution in [1.82, 2.24) is 19.4 Å². The number of hydrogen-bond donors (Lipinski definition) is 1. The van der Waals surface area contributed by atoms with E-state index in [1.54, 1.807) is 11.3 Å². The smallest absolute Gasteiger partial charge is 0.300 e. The molecular formula is C11H6N4OS2. The summed E-state index contributed by atoms with van der Waals surface area (Å²) in [4.78, 5) is 24.1. The van der Waals surface area contributed by atoms with E-state index in [1.165, 1.54) is 11.3 Å². The summed E-state index contributed by atoms with van der Waals surface area (Å²) < 4.78 is 1.83. The van der Waals surface area contributed by atoms with Crippen LogP contribution < -0.4 is 5.56 Å². The van der Waals surface area contributed by atoms with Gasteiger partial charge in [0.25, 0.3) is 5.56 Å². The van der Waals surface area contributed by atoms with Crippen LogP contribution in [0.4, 0.5) is 0 Å². The third-order valence-electron chi connectivity index (χ3n) is 2.71. The van der Waals surface area contributed by atoms with Gasteiger partial charge in [-0.3, -0.25) is 9.20 Å². The SMILES string of the molecule is O=c1nc2sccn2c2nc(-c3ccsc3)[nH]c12. The van der Waals surface area contributed by atoms with Gasteiger partial charge in [0.05, 0.1) is 0 Å². The zero-order valence-electron chi connectivity index (χ0n) is 8.95. The van der Waals surface area contributed by atoms with E-state index < -0.39 is 0 Å². The Balaban J connectivity index is 2.16. The molecule has 0 saturated heterocycles. The van der Waals surface area contributed by atoms with Crippen LogP contribution in [0.1, 0.15) is 0 Å². The van der Waals surface area contributed by atoms with Crippen LogP contribution in [0.3, 0.4) is 0 Å². The lowest BCUT2D eigenvalue weighted by Crippen LogP contribution is -2.08. The highest BCUT2D eigenvalue weighted by Gasteiger charge is 2.12. The molecule has 4 heterocycles. The second-order valence-corrected chi connectivity index (χ2v) is 5.42. The molecule has 18 heavy (non-hydrogen) atoms. The fourth-order valence-electron chi connectivity index (χ4n) is 1.88. The molecule has 0 atom stereocenters. The molecular weight excluding hydrogens is 268 g/mol. The fourth-order valence-corrected chi connectivity index (χ4v) is 3.22. The maximum atomic E-state index is 11.9. The van der Waals surface area contributed by atoms with Crippen molar-refractivity contribution in [3.63, 3.8) is 0 Å². The van der Waals surface area contributed by atoms with Gasteiger partial charge in [0.15, 0.2) is 16.1 Å². The topological polar surface area (TPSA) is 63.1 Å². The molecule has 0 spiro atoms. The Morgan fingerprint density at radius 1 is 1.28 bits per heavy atom. The van der Waals surface area contributed by atoms with E-state index >= 15 is 0 Å². The van der Waals surface area contributed by atoms with Gasteiger partial charge in [-0.1, -0.05) is 0 Å². The van der Waals surface area contributed by atoms with E-state index in [9.17, 15) is 4.79 Å². The number of aromatic amines is 1. The summed E-state index contributed by atoms with van der Waals surface area (Å²) in [6.45, 7) is 0. The lowest BCUT2D eigenvalue weighted by molar-refractivity contribution is 1.15. The third-order valence-corrected chi connectivity index (χ3v) is 4.15. The van der Waals surface area contributed by atoms with Crippen molar-refractivity contribution in [3.8, 4) is 11.4 Å². The first kappa shape index (κ1) is 9.98. The molecule has 0 aliphatic carbocycles. The van der Waals surface area contributed by atoms with Gasteiger partial charge in [-0.05, 0) is 11.4 Å². The Morgan fingerprint density at radius 3 is 3.06 bits per heavy atom. The molecule has 0 aromatic carbocycles. The molecule has 0 amide bonds. The maximum absolute atomic E-state index is 11.9. The van der Waals surface area contributed by atoms with Crippen LogP contribution in [0.15, 0.2) is 33.2 Å².